The Kier molecular flexibility index (Phi) is 3.63. The molecule has 0 saturated heterocycles. The Bertz CT molecular complexity index is 1070. The van der Waals surface area contributed by atoms with Gasteiger partial charge in [-0.25, -0.2) is 0 Å². The molecule has 7 heteroatoms. The minimum absolute atomic E-state index is 0.151. The Hall–Kier alpha value is -3.66. The van der Waals surface area contributed by atoms with Gasteiger partial charge >= 0.3 is 0 Å². The summed E-state index contributed by atoms with van der Waals surface area (Å²) in [5.74, 6) is 0.151. The van der Waals surface area contributed by atoms with E-state index in [2.05, 4.69) is 26.3 Å². The number of nitrogens with zero attached hydrogens (tertiary/aromatic N) is 5. The summed E-state index contributed by atoms with van der Waals surface area (Å²) in [5.41, 5.74) is 3.15. The van der Waals surface area contributed by atoms with Crippen LogP contribution in [-0.4, -0.2) is 30.1 Å². The van der Waals surface area contributed by atoms with E-state index in [-0.39, 0.29) is 18.2 Å². The Morgan fingerprint density at radius 2 is 2.12 bits per heavy atom. The zero-order valence-corrected chi connectivity index (χ0v) is 13.2. The molecular weight excluding hydrogens is 316 g/mol. The molecule has 3 heterocycles. The second-order valence-corrected chi connectivity index (χ2v) is 5.64. The molecule has 0 radical (unpaired) electrons. The van der Waals surface area contributed by atoms with Crippen molar-refractivity contribution in [2.75, 3.05) is 0 Å². The lowest BCUT2D eigenvalue weighted by Crippen LogP contribution is -2.10. The van der Waals surface area contributed by atoms with Crippen molar-refractivity contribution >= 4 is 11.0 Å². The minimum atomic E-state index is -0.364. The van der Waals surface area contributed by atoms with Gasteiger partial charge in [0.15, 0.2) is 5.65 Å². The van der Waals surface area contributed by atoms with Gasteiger partial charge in [-0.2, -0.15) is 15.5 Å². The molecule has 7 nitrogen and oxygen atoms in total. The molecular formula is C18H14N6O. The second kappa shape index (κ2) is 6.09. The summed E-state index contributed by atoms with van der Waals surface area (Å²) in [6.45, 7) is 0. The van der Waals surface area contributed by atoms with Gasteiger partial charge in [0.05, 0.1) is 30.9 Å². The molecule has 2 N–H and O–H groups in total. The van der Waals surface area contributed by atoms with E-state index in [9.17, 15) is 10.4 Å². The molecule has 3 aromatic heterocycles. The largest absolute Gasteiger partial charge is 0.508 e. The van der Waals surface area contributed by atoms with Crippen LogP contribution in [0.15, 0.2) is 55.1 Å². The number of H-pyrrole nitrogens is 1. The third-order valence-corrected chi connectivity index (χ3v) is 4.17. The van der Waals surface area contributed by atoms with Crippen LogP contribution in [0.2, 0.25) is 0 Å². The van der Waals surface area contributed by atoms with Crippen LogP contribution in [0.3, 0.4) is 0 Å². The minimum Gasteiger partial charge on any atom is -0.508 e. The normalized spacial score (nSPS) is 12.1. The molecule has 0 spiro atoms. The van der Waals surface area contributed by atoms with Gasteiger partial charge in [0.2, 0.25) is 0 Å². The molecule has 122 valence electrons. The summed E-state index contributed by atoms with van der Waals surface area (Å²) in [5, 5.41) is 32.8. The predicted molar refractivity (Wildman–Crippen MR) is 91.6 cm³/mol. The van der Waals surface area contributed by atoms with Crippen molar-refractivity contribution in [3.63, 3.8) is 0 Å². The highest BCUT2D eigenvalue weighted by Gasteiger charge is 2.19. The zero-order chi connectivity index (χ0) is 17.2. The van der Waals surface area contributed by atoms with E-state index in [0.29, 0.717) is 11.2 Å². The lowest BCUT2D eigenvalue weighted by Gasteiger charge is -2.16. The number of aromatic hydroxyl groups is 1. The number of para-hydroxylation sites is 1. The van der Waals surface area contributed by atoms with Crippen LogP contribution < -0.4 is 0 Å². The molecule has 1 atom stereocenters. The van der Waals surface area contributed by atoms with Gasteiger partial charge in [-0.15, -0.1) is 5.10 Å². The highest BCUT2D eigenvalue weighted by molar-refractivity contribution is 5.91. The van der Waals surface area contributed by atoms with Gasteiger partial charge in [0.1, 0.15) is 5.75 Å². The number of hydrogen-bond donors (Lipinski definition) is 2. The number of nitriles is 1. The molecule has 0 bridgehead atoms. The number of fused-ring (bicyclic) bond motifs is 1. The molecule has 0 saturated carbocycles. The van der Waals surface area contributed by atoms with Gasteiger partial charge in [-0.3, -0.25) is 4.68 Å². The summed E-state index contributed by atoms with van der Waals surface area (Å²) in [4.78, 5) is 3.04. The first-order valence-electron chi connectivity index (χ1n) is 7.76. The van der Waals surface area contributed by atoms with E-state index < -0.39 is 0 Å². The average Bonchev–Trinajstić information content (AvgIpc) is 3.29. The fraction of sp³-hybridized carbons (Fsp3) is 0.111. The van der Waals surface area contributed by atoms with Crippen LogP contribution in [0, 0.1) is 11.3 Å². The summed E-state index contributed by atoms with van der Waals surface area (Å²) in [7, 11) is 0. The summed E-state index contributed by atoms with van der Waals surface area (Å²) < 4.78 is 1.70. The van der Waals surface area contributed by atoms with Gasteiger partial charge in [-0.1, -0.05) is 18.2 Å². The van der Waals surface area contributed by atoms with Crippen molar-refractivity contribution in [3.05, 3.63) is 60.7 Å². The maximum absolute atomic E-state index is 10.1. The SMILES string of the molecule is N#CC[C@@H](c1ccccc1O)n1cc(-c2cnnc3[nH]ccc23)cn1. The monoisotopic (exact) mass is 330 g/mol. The molecule has 0 unspecified atom stereocenters. The van der Waals surface area contributed by atoms with E-state index in [4.69, 9.17) is 0 Å². The summed E-state index contributed by atoms with van der Waals surface area (Å²) in [6, 6.07) is 10.7. The molecule has 0 aliphatic carbocycles. The number of aromatic nitrogens is 5. The third-order valence-electron chi connectivity index (χ3n) is 4.17. The molecule has 0 amide bonds. The van der Waals surface area contributed by atoms with Crippen LogP contribution in [0.1, 0.15) is 18.0 Å². The molecule has 4 aromatic rings. The van der Waals surface area contributed by atoms with Crippen molar-refractivity contribution in [2.45, 2.75) is 12.5 Å². The first-order chi connectivity index (χ1) is 12.3. The zero-order valence-electron chi connectivity index (χ0n) is 13.2. The summed E-state index contributed by atoms with van der Waals surface area (Å²) >= 11 is 0. The number of phenolic OH excluding ortho intramolecular Hbond substituents is 1. The van der Waals surface area contributed by atoms with Gasteiger partial charge in [0.25, 0.3) is 0 Å². The lowest BCUT2D eigenvalue weighted by molar-refractivity contribution is 0.444. The molecule has 4 rings (SSSR count). The van der Waals surface area contributed by atoms with Crippen molar-refractivity contribution in [1.29, 1.82) is 5.26 Å². The van der Waals surface area contributed by atoms with E-state index in [1.807, 2.05) is 24.5 Å². The number of nitrogens with one attached hydrogen (secondary N) is 1. The Labute approximate surface area is 143 Å². The number of benzene rings is 1. The van der Waals surface area contributed by atoms with E-state index in [1.54, 1.807) is 35.3 Å². The fourth-order valence-corrected chi connectivity index (χ4v) is 2.95. The number of aromatic amines is 1. The highest BCUT2D eigenvalue weighted by atomic mass is 16.3. The van der Waals surface area contributed by atoms with Crippen LogP contribution in [0.5, 0.6) is 5.75 Å². The van der Waals surface area contributed by atoms with Crippen LogP contribution in [-0.2, 0) is 0 Å². The topological polar surface area (TPSA) is 103 Å². The predicted octanol–water partition coefficient (Wildman–Crippen LogP) is 3.03. The molecule has 0 aliphatic heterocycles. The van der Waals surface area contributed by atoms with Gasteiger partial charge in [-0.05, 0) is 12.1 Å². The van der Waals surface area contributed by atoms with Crippen molar-refractivity contribution in [1.82, 2.24) is 25.0 Å². The van der Waals surface area contributed by atoms with Crippen molar-refractivity contribution in [3.8, 4) is 22.9 Å². The molecule has 0 fully saturated rings. The first-order valence-corrected chi connectivity index (χ1v) is 7.76. The second-order valence-electron chi connectivity index (χ2n) is 5.64. The van der Waals surface area contributed by atoms with E-state index >= 15 is 0 Å². The quantitative estimate of drug-likeness (QED) is 0.598. The van der Waals surface area contributed by atoms with Crippen LogP contribution >= 0.6 is 0 Å². The van der Waals surface area contributed by atoms with Gasteiger partial charge in [0, 0.05) is 34.5 Å². The van der Waals surface area contributed by atoms with Crippen LogP contribution in [0.25, 0.3) is 22.2 Å². The molecule has 0 aliphatic rings. The number of rotatable bonds is 4. The van der Waals surface area contributed by atoms with E-state index in [1.165, 1.54) is 0 Å². The maximum atomic E-state index is 10.1. The van der Waals surface area contributed by atoms with Gasteiger partial charge < -0.3 is 10.1 Å². The van der Waals surface area contributed by atoms with Crippen molar-refractivity contribution in [2.24, 2.45) is 0 Å². The number of phenols is 1. The standard InChI is InChI=1S/C18H14N6O/c19-7-5-16(14-3-1-2-4-17(14)25)24-11-12(9-22-24)15-10-21-23-18-13(15)6-8-20-18/h1-4,6,8-11,16,25H,5H2,(H,20,23)/t16-/m0/s1. The van der Waals surface area contributed by atoms with Crippen molar-refractivity contribution < 1.29 is 5.11 Å². The first kappa shape index (κ1) is 14.9. The van der Waals surface area contributed by atoms with Crippen LogP contribution in [0.4, 0.5) is 0 Å². The molecule has 25 heavy (non-hydrogen) atoms. The fourth-order valence-electron chi connectivity index (χ4n) is 2.95. The third kappa shape index (κ3) is 2.60. The Balaban J connectivity index is 1.78. The molecule has 1 aromatic carbocycles. The van der Waals surface area contributed by atoms with E-state index in [0.717, 1.165) is 16.5 Å². The average molecular weight is 330 g/mol. The lowest BCUT2D eigenvalue weighted by atomic mass is 10.0. The Morgan fingerprint density at radius 3 is 2.96 bits per heavy atom. The highest BCUT2D eigenvalue weighted by Crippen LogP contribution is 2.31. The Morgan fingerprint density at radius 1 is 1.24 bits per heavy atom. The maximum Gasteiger partial charge on any atom is 0.160 e. The summed E-state index contributed by atoms with van der Waals surface area (Å²) in [6.07, 6.45) is 7.29. The smallest absolute Gasteiger partial charge is 0.160 e. The number of hydrogen-bond acceptors (Lipinski definition) is 5.